The molecule has 0 unspecified atom stereocenters. The Hall–Kier alpha value is -3.41. The van der Waals surface area contributed by atoms with Gasteiger partial charge in [0.05, 0.1) is 17.7 Å². The Morgan fingerprint density at radius 1 is 0.640 bits per heavy atom. The van der Waals surface area contributed by atoms with Crippen molar-refractivity contribution in [2.24, 2.45) is 0 Å². The zero-order chi connectivity index (χ0) is 16.9. The van der Waals surface area contributed by atoms with Crippen LogP contribution in [0.2, 0.25) is 0 Å². The van der Waals surface area contributed by atoms with Crippen LogP contribution < -0.4 is 5.32 Å². The zero-order valence-electron chi connectivity index (χ0n) is 13.8. The molecule has 0 saturated carbocycles. The molecule has 1 aliphatic carbocycles. The van der Waals surface area contributed by atoms with E-state index in [-0.39, 0.29) is 0 Å². The third-order valence-corrected chi connectivity index (χ3v) is 4.15. The summed E-state index contributed by atoms with van der Waals surface area (Å²) in [4.78, 5) is 0. The first-order valence-corrected chi connectivity index (χ1v) is 8.37. The molecule has 0 radical (unpaired) electrons. The SMILES string of the molecule is [C+]1=CC=C(c2cc(Nc3ccccc3)cc(-c3ccccc3)c2)C=C1. The van der Waals surface area contributed by atoms with E-state index in [1.807, 2.05) is 36.4 Å². The fraction of sp³-hybridized carbons (Fsp3) is 0. The molecular formula is C24H18N+. The molecule has 4 rings (SSSR count). The third-order valence-electron chi connectivity index (χ3n) is 4.15. The summed E-state index contributed by atoms with van der Waals surface area (Å²) in [5, 5.41) is 3.52. The molecule has 3 aromatic carbocycles. The van der Waals surface area contributed by atoms with E-state index in [9.17, 15) is 0 Å². The molecule has 0 aliphatic heterocycles. The fourth-order valence-electron chi connectivity index (χ4n) is 2.93. The summed E-state index contributed by atoms with van der Waals surface area (Å²) in [5.74, 6) is 0. The summed E-state index contributed by atoms with van der Waals surface area (Å²) in [6.07, 6.45) is 11.2. The van der Waals surface area contributed by atoms with Gasteiger partial charge in [0.15, 0.2) is 0 Å². The predicted molar refractivity (Wildman–Crippen MR) is 107 cm³/mol. The highest BCUT2D eigenvalue weighted by molar-refractivity contribution is 5.83. The van der Waals surface area contributed by atoms with Crippen LogP contribution >= 0.6 is 0 Å². The minimum Gasteiger partial charge on any atom is -0.355 e. The molecule has 1 heteroatoms. The first-order chi connectivity index (χ1) is 12.4. The molecule has 0 heterocycles. The van der Waals surface area contributed by atoms with Gasteiger partial charge in [-0.05, 0) is 41.5 Å². The van der Waals surface area contributed by atoms with Gasteiger partial charge in [-0.3, -0.25) is 0 Å². The second kappa shape index (κ2) is 7.00. The monoisotopic (exact) mass is 320 g/mol. The van der Waals surface area contributed by atoms with Crippen molar-refractivity contribution < 1.29 is 0 Å². The quantitative estimate of drug-likeness (QED) is 0.548. The molecule has 0 saturated heterocycles. The molecule has 1 aliphatic rings. The lowest BCUT2D eigenvalue weighted by Crippen LogP contribution is -1.93. The van der Waals surface area contributed by atoms with Gasteiger partial charge in [-0.25, -0.2) is 0 Å². The highest BCUT2D eigenvalue weighted by Crippen LogP contribution is 2.30. The average molecular weight is 320 g/mol. The second-order valence-corrected chi connectivity index (χ2v) is 5.94. The lowest BCUT2D eigenvalue weighted by molar-refractivity contribution is 1.51. The maximum atomic E-state index is 3.52. The van der Waals surface area contributed by atoms with Crippen LogP contribution in [0, 0.1) is 6.08 Å². The first kappa shape index (κ1) is 15.1. The third kappa shape index (κ3) is 3.58. The van der Waals surface area contributed by atoms with Crippen LogP contribution in [0.1, 0.15) is 5.56 Å². The van der Waals surface area contributed by atoms with Gasteiger partial charge in [0.25, 0.3) is 0 Å². The summed E-state index contributed by atoms with van der Waals surface area (Å²) in [6, 6.07) is 27.4. The minimum atomic E-state index is 1.08. The summed E-state index contributed by atoms with van der Waals surface area (Å²) >= 11 is 0. The Labute approximate surface area is 148 Å². The molecule has 3 aromatic rings. The number of anilines is 2. The number of allylic oxidation sites excluding steroid dienone is 6. The summed E-state index contributed by atoms with van der Waals surface area (Å²) < 4.78 is 0. The van der Waals surface area contributed by atoms with Gasteiger partial charge >= 0.3 is 0 Å². The highest BCUT2D eigenvalue weighted by Gasteiger charge is 2.10. The first-order valence-electron chi connectivity index (χ1n) is 8.37. The Bertz CT molecular complexity index is 948. The fourth-order valence-corrected chi connectivity index (χ4v) is 2.93. The summed E-state index contributed by atoms with van der Waals surface area (Å²) in [5.41, 5.74) is 6.95. The maximum Gasteiger partial charge on any atom is 0.103 e. The molecule has 0 fully saturated rings. The largest absolute Gasteiger partial charge is 0.355 e. The van der Waals surface area contributed by atoms with E-state index >= 15 is 0 Å². The van der Waals surface area contributed by atoms with Crippen molar-refractivity contribution in [2.75, 3.05) is 5.32 Å². The van der Waals surface area contributed by atoms with Gasteiger partial charge in [-0.1, -0.05) is 48.5 Å². The normalized spacial score (nSPS) is 12.4. The van der Waals surface area contributed by atoms with Gasteiger partial charge in [-0.2, -0.15) is 0 Å². The molecule has 0 atom stereocenters. The number of nitrogens with one attached hydrogen (secondary N) is 1. The molecule has 0 amide bonds. The van der Waals surface area contributed by atoms with Crippen LogP contribution in [0.25, 0.3) is 16.7 Å². The molecule has 1 nitrogen and oxygen atoms in total. The van der Waals surface area contributed by atoms with Crippen molar-refractivity contribution in [3.63, 3.8) is 0 Å². The molecule has 0 aromatic heterocycles. The van der Waals surface area contributed by atoms with E-state index in [1.165, 1.54) is 22.3 Å². The van der Waals surface area contributed by atoms with E-state index < -0.39 is 0 Å². The van der Waals surface area contributed by atoms with Crippen LogP contribution in [0.3, 0.4) is 0 Å². The van der Waals surface area contributed by atoms with Crippen molar-refractivity contribution in [1.29, 1.82) is 0 Å². The van der Waals surface area contributed by atoms with Gasteiger partial charge in [-0.15, -0.1) is 0 Å². The Balaban J connectivity index is 1.79. The lowest BCUT2D eigenvalue weighted by atomic mass is 9.96. The van der Waals surface area contributed by atoms with E-state index in [2.05, 4.69) is 78.1 Å². The smallest absolute Gasteiger partial charge is 0.103 e. The van der Waals surface area contributed by atoms with Crippen molar-refractivity contribution in [3.05, 3.63) is 115 Å². The summed E-state index contributed by atoms with van der Waals surface area (Å²) in [7, 11) is 0. The second-order valence-electron chi connectivity index (χ2n) is 5.94. The predicted octanol–water partition coefficient (Wildman–Crippen LogP) is 6.41. The molecule has 1 N–H and O–H groups in total. The van der Waals surface area contributed by atoms with Crippen molar-refractivity contribution >= 4 is 16.9 Å². The lowest BCUT2D eigenvalue weighted by Gasteiger charge is -2.12. The van der Waals surface area contributed by atoms with Crippen molar-refractivity contribution in [2.45, 2.75) is 0 Å². The Morgan fingerprint density at radius 3 is 2.08 bits per heavy atom. The van der Waals surface area contributed by atoms with Crippen molar-refractivity contribution in [3.8, 4) is 11.1 Å². The topological polar surface area (TPSA) is 12.0 Å². The van der Waals surface area contributed by atoms with Crippen LogP contribution in [0.15, 0.2) is 103 Å². The molecule has 118 valence electrons. The molecule has 0 bridgehead atoms. The number of hydrogen-bond acceptors (Lipinski definition) is 1. The van der Waals surface area contributed by atoms with Gasteiger partial charge < -0.3 is 5.32 Å². The Morgan fingerprint density at radius 2 is 1.36 bits per heavy atom. The van der Waals surface area contributed by atoms with Crippen LogP contribution in [-0.2, 0) is 0 Å². The van der Waals surface area contributed by atoms with E-state index in [4.69, 9.17) is 0 Å². The van der Waals surface area contributed by atoms with Gasteiger partial charge in [0.1, 0.15) is 12.2 Å². The number of rotatable bonds is 4. The van der Waals surface area contributed by atoms with E-state index in [0.29, 0.717) is 0 Å². The van der Waals surface area contributed by atoms with Crippen LogP contribution in [0.5, 0.6) is 0 Å². The van der Waals surface area contributed by atoms with E-state index in [0.717, 1.165) is 11.4 Å². The van der Waals surface area contributed by atoms with Gasteiger partial charge in [0.2, 0.25) is 0 Å². The highest BCUT2D eigenvalue weighted by atomic mass is 14.9. The van der Waals surface area contributed by atoms with Crippen LogP contribution in [0.4, 0.5) is 11.4 Å². The Kier molecular flexibility index (Phi) is 4.24. The molecular weight excluding hydrogens is 302 g/mol. The maximum absolute atomic E-state index is 3.52. The average Bonchev–Trinajstić information content (AvgIpc) is 2.70. The standard InChI is InChI=1S/C24H18N/c1-4-10-19(11-5-1)21-16-22(20-12-6-2-7-13-20)18-24(17-21)25-23-14-8-3-9-15-23/h1,3-18,25H/q+1. The number of hydrogen-bond donors (Lipinski definition) is 1. The molecule has 25 heavy (non-hydrogen) atoms. The zero-order valence-corrected chi connectivity index (χ0v) is 13.8. The minimum absolute atomic E-state index is 1.08. The summed E-state index contributed by atoms with van der Waals surface area (Å²) in [6.45, 7) is 0. The van der Waals surface area contributed by atoms with Gasteiger partial charge in [0, 0.05) is 23.0 Å². The number of benzene rings is 3. The number of para-hydroxylation sites is 1. The van der Waals surface area contributed by atoms with Crippen LogP contribution in [-0.4, -0.2) is 0 Å². The molecule has 0 spiro atoms. The van der Waals surface area contributed by atoms with E-state index in [1.54, 1.807) is 0 Å². The van der Waals surface area contributed by atoms with Crippen molar-refractivity contribution in [1.82, 2.24) is 0 Å².